The fraction of sp³-hybridized carbons (Fsp3) is 0.857. The van der Waals surface area contributed by atoms with Gasteiger partial charge in [-0.05, 0) is 41.0 Å². The van der Waals surface area contributed by atoms with Crippen molar-refractivity contribution in [2.24, 2.45) is 0 Å². The lowest BCUT2D eigenvalue weighted by Gasteiger charge is -2.48. The molecule has 1 unspecified atom stereocenters. The molecule has 0 bridgehead atoms. The number of hydrogen-bond acceptors (Lipinski definition) is 4. The van der Waals surface area contributed by atoms with Gasteiger partial charge in [0.1, 0.15) is 11.1 Å². The maximum Gasteiger partial charge on any atom is 0.248 e. The van der Waals surface area contributed by atoms with E-state index in [2.05, 4.69) is 5.32 Å². The molecule has 1 saturated heterocycles. The quantitative estimate of drug-likeness (QED) is 0.809. The number of rotatable bonds is 5. The Morgan fingerprint density at radius 3 is 2.14 bits per heavy atom. The predicted octanol–water partition coefficient (Wildman–Crippen LogP) is 0.715. The Hall–Kier alpha value is -1.11. The van der Waals surface area contributed by atoms with Gasteiger partial charge in [-0.1, -0.05) is 6.92 Å². The van der Waals surface area contributed by atoms with Crippen molar-refractivity contribution in [1.82, 2.24) is 10.2 Å². The SMILES string of the molecule is CCC1(C)NC(=O)C(C)(C)N(CCS(=O)(=O)C(C)C)C1=O. The van der Waals surface area contributed by atoms with Gasteiger partial charge in [0.05, 0.1) is 11.0 Å². The molecule has 0 aromatic rings. The van der Waals surface area contributed by atoms with Crippen LogP contribution in [0, 0.1) is 0 Å². The first-order chi connectivity index (χ1) is 9.38. The van der Waals surface area contributed by atoms with Crippen LogP contribution in [-0.2, 0) is 19.4 Å². The maximum absolute atomic E-state index is 12.6. The van der Waals surface area contributed by atoms with Gasteiger partial charge in [-0.3, -0.25) is 9.59 Å². The number of carbonyl (C=O) groups excluding carboxylic acids is 2. The highest BCUT2D eigenvalue weighted by Gasteiger charge is 2.51. The van der Waals surface area contributed by atoms with Gasteiger partial charge in [-0.25, -0.2) is 8.42 Å². The third-order valence-corrected chi connectivity index (χ3v) is 6.55. The Labute approximate surface area is 127 Å². The smallest absolute Gasteiger partial charge is 0.248 e. The fourth-order valence-electron chi connectivity index (χ4n) is 2.21. The van der Waals surface area contributed by atoms with Crippen molar-refractivity contribution >= 4 is 21.7 Å². The van der Waals surface area contributed by atoms with Gasteiger partial charge in [0, 0.05) is 6.54 Å². The molecule has 1 N–H and O–H groups in total. The number of carbonyl (C=O) groups is 2. The van der Waals surface area contributed by atoms with E-state index in [9.17, 15) is 18.0 Å². The van der Waals surface area contributed by atoms with Crippen LogP contribution in [0.25, 0.3) is 0 Å². The molecule has 1 heterocycles. The molecular formula is C14H26N2O4S. The minimum absolute atomic E-state index is 0.0371. The monoisotopic (exact) mass is 318 g/mol. The van der Waals surface area contributed by atoms with E-state index in [1.54, 1.807) is 34.6 Å². The summed E-state index contributed by atoms with van der Waals surface area (Å²) < 4.78 is 23.9. The second kappa shape index (κ2) is 5.59. The van der Waals surface area contributed by atoms with Gasteiger partial charge >= 0.3 is 0 Å². The lowest BCUT2D eigenvalue weighted by atomic mass is 9.87. The van der Waals surface area contributed by atoms with Crippen LogP contribution >= 0.6 is 0 Å². The third kappa shape index (κ3) is 3.22. The van der Waals surface area contributed by atoms with Crippen LogP contribution < -0.4 is 5.32 Å². The van der Waals surface area contributed by atoms with E-state index in [-0.39, 0.29) is 24.1 Å². The largest absolute Gasteiger partial charge is 0.340 e. The number of nitrogens with zero attached hydrogens (tertiary/aromatic N) is 1. The van der Waals surface area contributed by atoms with Crippen LogP contribution in [0.1, 0.15) is 48.0 Å². The van der Waals surface area contributed by atoms with Crippen molar-refractivity contribution in [2.45, 2.75) is 64.3 Å². The molecule has 6 nitrogen and oxygen atoms in total. The van der Waals surface area contributed by atoms with E-state index in [0.29, 0.717) is 6.42 Å². The standard InChI is InChI=1S/C14H26N2O4S/c1-7-14(6)12(18)16(13(4,5)11(17)15-14)8-9-21(19,20)10(2)3/h10H,7-9H2,1-6H3,(H,15,17). The summed E-state index contributed by atoms with van der Waals surface area (Å²) in [6.07, 6.45) is 0.459. The topological polar surface area (TPSA) is 83.6 Å². The highest BCUT2D eigenvalue weighted by molar-refractivity contribution is 7.92. The van der Waals surface area contributed by atoms with E-state index < -0.39 is 26.2 Å². The van der Waals surface area contributed by atoms with Crippen LogP contribution in [0.5, 0.6) is 0 Å². The molecular weight excluding hydrogens is 292 g/mol. The van der Waals surface area contributed by atoms with Gasteiger partial charge in [0.25, 0.3) is 0 Å². The van der Waals surface area contributed by atoms with Gasteiger partial charge in [0.15, 0.2) is 9.84 Å². The summed E-state index contributed by atoms with van der Waals surface area (Å²) in [4.78, 5) is 26.3. The summed E-state index contributed by atoms with van der Waals surface area (Å²) in [6.45, 7) is 10.0. The number of hydrogen-bond donors (Lipinski definition) is 1. The minimum Gasteiger partial charge on any atom is -0.340 e. The second-order valence-electron chi connectivity index (χ2n) is 6.57. The molecule has 1 atom stereocenters. The number of nitrogens with one attached hydrogen (secondary N) is 1. The van der Waals surface area contributed by atoms with Crippen LogP contribution in [0.4, 0.5) is 0 Å². The van der Waals surface area contributed by atoms with Crippen molar-refractivity contribution in [3.63, 3.8) is 0 Å². The summed E-state index contributed by atoms with van der Waals surface area (Å²) in [7, 11) is -3.26. The second-order valence-corrected chi connectivity index (χ2v) is 9.25. The molecule has 1 aliphatic heterocycles. The Balaban J connectivity index is 3.06. The summed E-state index contributed by atoms with van der Waals surface area (Å²) in [5.41, 5.74) is -2.01. The Kier molecular flexibility index (Phi) is 4.77. The first-order valence-electron chi connectivity index (χ1n) is 7.24. The van der Waals surface area contributed by atoms with Crippen LogP contribution in [0.15, 0.2) is 0 Å². The molecule has 1 rings (SSSR count). The molecule has 0 saturated carbocycles. The lowest BCUT2D eigenvalue weighted by Crippen LogP contribution is -2.73. The first kappa shape index (κ1) is 17.9. The molecule has 1 aliphatic rings. The van der Waals surface area contributed by atoms with Gasteiger partial charge in [0.2, 0.25) is 11.8 Å². The number of amides is 2. The zero-order chi connectivity index (χ0) is 16.6. The Bertz CT molecular complexity index is 539. The van der Waals surface area contributed by atoms with Gasteiger partial charge < -0.3 is 10.2 Å². The third-order valence-electron chi connectivity index (χ3n) is 4.36. The van der Waals surface area contributed by atoms with Crippen molar-refractivity contribution in [3.05, 3.63) is 0 Å². The summed E-state index contributed by atoms with van der Waals surface area (Å²) >= 11 is 0. The average Bonchev–Trinajstić information content (AvgIpc) is 2.36. The minimum atomic E-state index is -3.26. The van der Waals surface area contributed by atoms with Crippen LogP contribution in [-0.4, -0.2) is 53.8 Å². The fourth-order valence-corrected chi connectivity index (χ4v) is 3.11. The van der Waals surface area contributed by atoms with E-state index in [0.717, 1.165) is 0 Å². The molecule has 0 spiro atoms. The average molecular weight is 318 g/mol. The van der Waals surface area contributed by atoms with Gasteiger partial charge in [-0.2, -0.15) is 0 Å². The van der Waals surface area contributed by atoms with E-state index in [4.69, 9.17) is 0 Å². The first-order valence-corrected chi connectivity index (χ1v) is 8.96. The Morgan fingerprint density at radius 2 is 1.71 bits per heavy atom. The molecule has 0 aromatic carbocycles. The molecule has 1 fully saturated rings. The highest BCUT2D eigenvalue weighted by Crippen LogP contribution is 2.28. The zero-order valence-electron chi connectivity index (χ0n) is 13.7. The normalized spacial score (nSPS) is 26.1. The van der Waals surface area contributed by atoms with Crippen molar-refractivity contribution < 1.29 is 18.0 Å². The summed E-state index contributed by atoms with van der Waals surface area (Å²) in [6, 6.07) is 0. The molecule has 0 radical (unpaired) electrons. The van der Waals surface area contributed by atoms with Crippen LogP contribution in [0.3, 0.4) is 0 Å². The summed E-state index contributed by atoms with van der Waals surface area (Å²) in [5.74, 6) is -0.616. The maximum atomic E-state index is 12.6. The zero-order valence-corrected chi connectivity index (χ0v) is 14.5. The lowest BCUT2D eigenvalue weighted by molar-refractivity contribution is -0.160. The molecule has 2 amide bonds. The molecule has 0 aliphatic carbocycles. The summed E-state index contributed by atoms with van der Waals surface area (Å²) in [5, 5.41) is 2.26. The van der Waals surface area contributed by atoms with E-state index in [1.807, 2.05) is 6.92 Å². The Morgan fingerprint density at radius 1 is 1.19 bits per heavy atom. The number of piperazine rings is 1. The van der Waals surface area contributed by atoms with E-state index >= 15 is 0 Å². The van der Waals surface area contributed by atoms with Crippen molar-refractivity contribution in [2.75, 3.05) is 12.3 Å². The molecule has 21 heavy (non-hydrogen) atoms. The molecule has 7 heteroatoms. The van der Waals surface area contributed by atoms with E-state index in [1.165, 1.54) is 4.90 Å². The van der Waals surface area contributed by atoms with Crippen molar-refractivity contribution in [1.29, 1.82) is 0 Å². The van der Waals surface area contributed by atoms with Gasteiger partial charge in [-0.15, -0.1) is 0 Å². The van der Waals surface area contributed by atoms with Crippen LogP contribution in [0.2, 0.25) is 0 Å². The highest BCUT2D eigenvalue weighted by atomic mass is 32.2. The molecule has 122 valence electrons. The number of sulfone groups is 1. The van der Waals surface area contributed by atoms with Crippen molar-refractivity contribution in [3.8, 4) is 0 Å². The predicted molar refractivity (Wildman–Crippen MR) is 81.6 cm³/mol. The molecule has 0 aromatic heterocycles.